The van der Waals surface area contributed by atoms with Crippen molar-refractivity contribution in [1.82, 2.24) is 0 Å². The van der Waals surface area contributed by atoms with E-state index in [9.17, 15) is 4.79 Å². The molecule has 0 spiro atoms. The van der Waals surface area contributed by atoms with Gasteiger partial charge in [-0.25, -0.2) is 0 Å². The van der Waals surface area contributed by atoms with Crippen LogP contribution >= 0.6 is 15.9 Å². The molecule has 18 heavy (non-hydrogen) atoms. The number of ether oxygens (including phenoxy) is 1. The fourth-order valence-electron chi connectivity index (χ4n) is 1.75. The van der Waals surface area contributed by atoms with Gasteiger partial charge in [-0.1, -0.05) is 35.8 Å². The number of hydrogen-bond donors (Lipinski definition) is 1. The van der Waals surface area contributed by atoms with Gasteiger partial charge in [0.05, 0.1) is 13.0 Å². The molecule has 0 saturated carbocycles. The number of anilines is 1. The second-order valence-corrected chi connectivity index (χ2v) is 5.63. The molecule has 0 aliphatic rings. The molecule has 0 saturated heterocycles. The molecular formula is C14H20BrNO2. The summed E-state index contributed by atoms with van der Waals surface area (Å²) in [4.78, 5) is 11.7. The lowest BCUT2D eigenvalue weighted by molar-refractivity contribution is -0.146. The van der Waals surface area contributed by atoms with Gasteiger partial charge in [0.15, 0.2) is 0 Å². The quantitative estimate of drug-likeness (QED) is 0.844. The number of nitrogens with one attached hydrogen (secondary N) is 1. The highest BCUT2D eigenvalue weighted by atomic mass is 79.9. The van der Waals surface area contributed by atoms with Crippen LogP contribution in [0, 0.1) is 18.8 Å². The minimum absolute atomic E-state index is 0.131. The summed E-state index contributed by atoms with van der Waals surface area (Å²) in [6.07, 6.45) is 0. The van der Waals surface area contributed by atoms with Crippen molar-refractivity contribution in [2.45, 2.75) is 20.8 Å². The normalized spacial score (nSPS) is 12.3. The predicted molar refractivity (Wildman–Crippen MR) is 77.7 cm³/mol. The van der Waals surface area contributed by atoms with E-state index in [1.807, 2.05) is 39.0 Å². The van der Waals surface area contributed by atoms with Crippen LogP contribution in [0.15, 0.2) is 22.7 Å². The third kappa shape index (κ3) is 4.02. The van der Waals surface area contributed by atoms with Crippen molar-refractivity contribution in [3.63, 3.8) is 0 Å². The van der Waals surface area contributed by atoms with Crippen molar-refractivity contribution in [2.24, 2.45) is 11.8 Å². The van der Waals surface area contributed by atoms with Crippen LogP contribution in [0.2, 0.25) is 0 Å². The summed E-state index contributed by atoms with van der Waals surface area (Å²) in [5.41, 5.74) is 2.20. The highest BCUT2D eigenvalue weighted by molar-refractivity contribution is 9.10. The van der Waals surface area contributed by atoms with Crippen LogP contribution in [0.4, 0.5) is 5.69 Å². The van der Waals surface area contributed by atoms with Crippen molar-refractivity contribution >= 4 is 27.6 Å². The maximum Gasteiger partial charge on any atom is 0.310 e. The zero-order valence-corrected chi connectivity index (χ0v) is 12.9. The average Bonchev–Trinajstić information content (AvgIpc) is 2.32. The summed E-state index contributed by atoms with van der Waals surface area (Å²) in [5.74, 6) is -0.0454. The van der Waals surface area contributed by atoms with Crippen LogP contribution in [0.1, 0.15) is 19.4 Å². The summed E-state index contributed by atoms with van der Waals surface area (Å²) < 4.78 is 5.85. The summed E-state index contributed by atoms with van der Waals surface area (Å²) >= 11 is 3.44. The monoisotopic (exact) mass is 313 g/mol. The molecule has 3 nitrogen and oxygen atoms in total. The molecule has 0 radical (unpaired) electrons. The minimum atomic E-state index is -0.162. The van der Waals surface area contributed by atoms with Crippen molar-refractivity contribution < 1.29 is 9.53 Å². The van der Waals surface area contributed by atoms with Crippen molar-refractivity contribution in [2.75, 3.05) is 19.0 Å². The molecule has 1 atom stereocenters. The van der Waals surface area contributed by atoms with Crippen LogP contribution in [0.25, 0.3) is 0 Å². The maximum atomic E-state index is 11.7. The van der Waals surface area contributed by atoms with Crippen molar-refractivity contribution in [3.8, 4) is 0 Å². The number of carbonyl (C=O) groups excluding carboxylic acids is 1. The summed E-state index contributed by atoms with van der Waals surface area (Å²) in [6, 6.07) is 6.06. The van der Waals surface area contributed by atoms with Crippen LogP contribution in [-0.4, -0.2) is 19.6 Å². The Balaban J connectivity index is 2.73. The van der Waals surface area contributed by atoms with E-state index in [0.717, 1.165) is 15.7 Å². The van der Waals surface area contributed by atoms with Gasteiger partial charge in [0.25, 0.3) is 0 Å². The topological polar surface area (TPSA) is 38.3 Å². The molecule has 0 heterocycles. The first-order chi connectivity index (χ1) is 8.45. The second kappa shape index (κ2) is 6.78. The van der Waals surface area contributed by atoms with Crippen LogP contribution in [0.3, 0.4) is 0 Å². The second-order valence-electron chi connectivity index (χ2n) is 4.71. The van der Waals surface area contributed by atoms with Gasteiger partial charge >= 0.3 is 5.97 Å². The third-order valence-electron chi connectivity index (χ3n) is 3.02. The molecule has 1 unspecified atom stereocenters. The maximum absolute atomic E-state index is 11.7. The number of rotatable bonds is 5. The molecule has 1 rings (SSSR count). The van der Waals surface area contributed by atoms with E-state index in [1.165, 1.54) is 7.11 Å². The van der Waals surface area contributed by atoms with E-state index >= 15 is 0 Å². The lowest BCUT2D eigenvalue weighted by atomic mass is 9.96. The Bertz CT molecular complexity index is 418. The first kappa shape index (κ1) is 15.0. The number of esters is 1. The zero-order valence-electron chi connectivity index (χ0n) is 11.3. The standard InChI is InChI=1S/C14H20BrNO2/c1-9(2)12(14(17)18-4)8-16-13-7-11(15)6-5-10(13)3/h5-7,9,12,16H,8H2,1-4H3. The van der Waals surface area contributed by atoms with Crippen LogP contribution < -0.4 is 5.32 Å². The fraction of sp³-hybridized carbons (Fsp3) is 0.500. The van der Waals surface area contributed by atoms with Gasteiger partial charge in [-0.2, -0.15) is 0 Å². The SMILES string of the molecule is COC(=O)C(CNc1cc(Br)ccc1C)C(C)C. The number of hydrogen-bond acceptors (Lipinski definition) is 3. The van der Waals surface area contributed by atoms with E-state index in [0.29, 0.717) is 6.54 Å². The Labute approximate surface area is 117 Å². The molecule has 0 amide bonds. The number of carbonyl (C=O) groups is 1. The number of benzene rings is 1. The Kier molecular flexibility index (Phi) is 5.66. The van der Waals surface area contributed by atoms with E-state index < -0.39 is 0 Å². The molecule has 1 aromatic carbocycles. The first-order valence-corrected chi connectivity index (χ1v) is 6.83. The molecule has 0 aromatic heterocycles. The molecule has 0 aliphatic heterocycles. The van der Waals surface area contributed by atoms with Gasteiger partial charge in [0.1, 0.15) is 0 Å². The largest absolute Gasteiger partial charge is 0.469 e. The number of halogens is 1. The molecular weight excluding hydrogens is 294 g/mol. The van der Waals surface area contributed by atoms with Crippen LogP contribution in [-0.2, 0) is 9.53 Å². The Hall–Kier alpha value is -1.03. The lowest BCUT2D eigenvalue weighted by Crippen LogP contribution is -2.29. The first-order valence-electron chi connectivity index (χ1n) is 6.03. The smallest absolute Gasteiger partial charge is 0.310 e. The van der Waals surface area contributed by atoms with Gasteiger partial charge in [-0.05, 0) is 30.5 Å². The molecule has 100 valence electrons. The molecule has 0 fully saturated rings. The van der Waals surface area contributed by atoms with Crippen molar-refractivity contribution in [1.29, 1.82) is 0 Å². The molecule has 0 aliphatic carbocycles. The highest BCUT2D eigenvalue weighted by Gasteiger charge is 2.22. The zero-order chi connectivity index (χ0) is 13.7. The fourth-order valence-corrected chi connectivity index (χ4v) is 2.11. The van der Waals surface area contributed by atoms with Gasteiger partial charge in [-0.3, -0.25) is 4.79 Å². The van der Waals surface area contributed by atoms with Crippen molar-refractivity contribution in [3.05, 3.63) is 28.2 Å². The Morgan fingerprint density at radius 1 is 1.44 bits per heavy atom. The predicted octanol–water partition coefficient (Wildman–Crippen LogP) is 3.61. The number of methoxy groups -OCH3 is 1. The van der Waals surface area contributed by atoms with E-state index in [-0.39, 0.29) is 17.8 Å². The van der Waals surface area contributed by atoms with Gasteiger partial charge < -0.3 is 10.1 Å². The number of aryl methyl sites for hydroxylation is 1. The van der Waals surface area contributed by atoms with Gasteiger partial charge in [0, 0.05) is 16.7 Å². The summed E-state index contributed by atoms with van der Waals surface area (Å²) in [6.45, 7) is 6.67. The van der Waals surface area contributed by atoms with E-state index in [1.54, 1.807) is 0 Å². The lowest BCUT2D eigenvalue weighted by Gasteiger charge is -2.20. The molecule has 0 bridgehead atoms. The molecule has 4 heteroatoms. The Morgan fingerprint density at radius 3 is 2.67 bits per heavy atom. The molecule has 1 aromatic rings. The highest BCUT2D eigenvalue weighted by Crippen LogP contribution is 2.22. The Morgan fingerprint density at radius 2 is 2.11 bits per heavy atom. The van der Waals surface area contributed by atoms with Gasteiger partial charge in [0.2, 0.25) is 0 Å². The van der Waals surface area contributed by atoms with Gasteiger partial charge in [-0.15, -0.1) is 0 Å². The summed E-state index contributed by atoms with van der Waals surface area (Å²) in [5, 5.41) is 3.32. The molecule has 1 N–H and O–H groups in total. The van der Waals surface area contributed by atoms with Crippen LogP contribution in [0.5, 0.6) is 0 Å². The summed E-state index contributed by atoms with van der Waals surface area (Å²) in [7, 11) is 1.43. The average molecular weight is 314 g/mol. The minimum Gasteiger partial charge on any atom is -0.469 e. The third-order valence-corrected chi connectivity index (χ3v) is 3.51. The van der Waals surface area contributed by atoms with E-state index in [4.69, 9.17) is 4.74 Å². The van der Waals surface area contributed by atoms with E-state index in [2.05, 4.69) is 21.2 Å².